The Morgan fingerprint density at radius 2 is 1.59 bits per heavy atom. The lowest BCUT2D eigenvalue weighted by atomic mass is 10.0. The molecule has 0 heterocycles. The van der Waals surface area contributed by atoms with Crippen molar-refractivity contribution < 1.29 is 19.1 Å². The number of benzene rings is 2. The summed E-state index contributed by atoms with van der Waals surface area (Å²) in [6.07, 6.45) is 0.999. The quantitative estimate of drug-likeness (QED) is 0.673. The molecule has 2 rings (SSSR count). The van der Waals surface area contributed by atoms with Crippen molar-refractivity contribution in [1.82, 2.24) is 5.32 Å². The van der Waals surface area contributed by atoms with Gasteiger partial charge in [-0.1, -0.05) is 24.8 Å². The molecule has 0 bridgehead atoms. The van der Waals surface area contributed by atoms with E-state index < -0.39 is 6.09 Å². The SMILES string of the molecule is C=Cc1ccc(OC(=O)NCc2cc(C(N)=C=O)cc(C(N)=C=O)c2)cc1. The fourth-order valence-corrected chi connectivity index (χ4v) is 2.21. The first kappa shape index (κ1) is 19.3. The molecule has 0 unspecified atom stereocenters. The van der Waals surface area contributed by atoms with Crippen LogP contribution in [0.3, 0.4) is 0 Å². The average Bonchev–Trinajstić information content (AvgIpc) is 2.71. The van der Waals surface area contributed by atoms with Crippen LogP contribution in [0.2, 0.25) is 0 Å². The Hall–Kier alpha value is -4.05. The van der Waals surface area contributed by atoms with Crippen molar-refractivity contribution in [2.24, 2.45) is 11.5 Å². The van der Waals surface area contributed by atoms with Gasteiger partial charge < -0.3 is 21.5 Å². The van der Waals surface area contributed by atoms with Crippen LogP contribution in [-0.2, 0) is 16.1 Å². The lowest BCUT2D eigenvalue weighted by molar-refractivity contribution is 0.200. The third kappa shape index (κ3) is 5.21. The fraction of sp³-hybridized carbons (Fsp3) is 0.0500. The average molecular weight is 363 g/mol. The second-order valence-corrected chi connectivity index (χ2v) is 5.47. The summed E-state index contributed by atoms with van der Waals surface area (Å²) in [6.45, 7) is 3.70. The lowest BCUT2D eigenvalue weighted by Crippen LogP contribution is -2.26. The zero-order valence-electron chi connectivity index (χ0n) is 14.3. The number of rotatable bonds is 6. The summed E-state index contributed by atoms with van der Waals surface area (Å²) < 4.78 is 5.16. The Bertz CT molecular complexity index is 925. The van der Waals surface area contributed by atoms with Gasteiger partial charge in [-0.25, -0.2) is 14.4 Å². The number of hydrogen-bond acceptors (Lipinski definition) is 6. The van der Waals surface area contributed by atoms with Crippen LogP contribution in [0.5, 0.6) is 5.75 Å². The molecule has 0 aliphatic rings. The summed E-state index contributed by atoms with van der Waals surface area (Å²) in [7, 11) is 0. The predicted molar refractivity (Wildman–Crippen MR) is 102 cm³/mol. The summed E-state index contributed by atoms with van der Waals surface area (Å²) in [5.41, 5.74) is 13.0. The van der Waals surface area contributed by atoms with Crippen molar-refractivity contribution in [3.63, 3.8) is 0 Å². The maximum atomic E-state index is 12.0. The number of carbonyl (C=O) groups excluding carboxylic acids is 3. The Morgan fingerprint density at radius 3 is 2.07 bits per heavy atom. The topological polar surface area (TPSA) is 125 Å². The van der Waals surface area contributed by atoms with E-state index in [0.717, 1.165) is 5.56 Å². The van der Waals surface area contributed by atoms with Crippen LogP contribution in [0.4, 0.5) is 4.79 Å². The van der Waals surface area contributed by atoms with Crippen molar-refractivity contribution in [1.29, 1.82) is 0 Å². The molecule has 0 saturated carbocycles. The monoisotopic (exact) mass is 363 g/mol. The Kier molecular flexibility index (Phi) is 6.34. The van der Waals surface area contributed by atoms with Crippen LogP contribution in [0, 0.1) is 0 Å². The highest BCUT2D eigenvalue weighted by molar-refractivity contribution is 5.90. The molecule has 0 aromatic heterocycles. The highest BCUT2D eigenvalue weighted by Crippen LogP contribution is 2.17. The smallest absolute Gasteiger partial charge is 0.410 e. The summed E-state index contributed by atoms with van der Waals surface area (Å²) >= 11 is 0. The van der Waals surface area contributed by atoms with E-state index in [1.54, 1.807) is 54.4 Å². The highest BCUT2D eigenvalue weighted by atomic mass is 16.6. The van der Waals surface area contributed by atoms with Crippen LogP contribution in [0.15, 0.2) is 49.0 Å². The first-order valence-corrected chi connectivity index (χ1v) is 7.81. The standard InChI is InChI=1S/C20H17N3O4/c1-2-13-3-5-17(6-4-13)27-20(26)23-10-14-7-15(18(21)11-24)9-16(8-14)19(22)12-25/h2-9H,1,10,21-22H2,(H,23,26). The minimum atomic E-state index is -0.675. The molecule has 27 heavy (non-hydrogen) atoms. The van der Waals surface area contributed by atoms with Gasteiger partial charge in [0.1, 0.15) is 17.1 Å². The summed E-state index contributed by atoms with van der Waals surface area (Å²) in [6, 6.07) is 11.4. The molecule has 0 fully saturated rings. The van der Waals surface area contributed by atoms with Gasteiger partial charge in [0.15, 0.2) is 11.9 Å². The third-order valence-corrected chi connectivity index (χ3v) is 3.60. The minimum absolute atomic E-state index is 0.0582. The van der Waals surface area contributed by atoms with Crippen LogP contribution in [0.1, 0.15) is 22.3 Å². The molecule has 0 spiro atoms. The van der Waals surface area contributed by atoms with Gasteiger partial charge in [0.05, 0.1) is 0 Å². The molecule has 0 aliphatic heterocycles. The van der Waals surface area contributed by atoms with E-state index in [1.165, 1.54) is 6.07 Å². The molecule has 0 radical (unpaired) electrons. The van der Waals surface area contributed by atoms with Crippen LogP contribution < -0.4 is 21.5 Å². The Morgan fingerprint density at radius 1 is 1.04 bits per heavy atom. The molecule has 2 aromatic carbocycles. The van der Waals surface area contributed by atoms with E-state index >= 15 is 0 Å². The van der Waals surface area contributed by atoms with Gasteiger partial charge in [0.25, 0.3) is 0 Å². The van der Waals surface area contributed by atoms with Gasteiger partial charge in [0.2, 0.25) is 0 Å². The number of carbonyl (C=O) groups is 1. The van der Waals surface area contributed by atoms with Gasteiger partial charge in [-0.05, 0) is 41.5 Å². The molecular formula is C20H17N3O4. The molecule has 136 valence electrons. The molecule has 5 N–H and O–H groups in total. The summed E-state index contributed by atoms with van der Waals surface area (Å²) in [5.74, 6) is 3.52. The van der Waals surface area contributed by atoms with E-state index in [2.05, 4.69) is 11.9 Å². The van der Waals surface area contributed by atoms with E-state index in [9.17, 15) is 14.4 Å². The van der Waals surface area contributed by atoms with E-state index in [4.69, 9.17) is 16.2 Å². The summed E-state index contributed by atoms with van der Waals surface area (Å²) in [4.78, 5) is 33.5. The number of amides is 1. The minimum Gasteiger partial charge on any atom is -0.410 e. The van der Waals surface area contributed by atoms with Crippen LogP contribution in [-0.4, -0.2) is 18.0 Å². The van der Waals surface area contributed by atoms with Crippen LogP contribution >= 0.6 is 0 Å². The van der Waals surface area contributed by atoms with Gasteiger partial charge >= 0.3 is 6.09 Å². The normalized spacial score (nSPS) is 9.48. The van der Waals surface area contributed by atoms with Crippen molar-refractivity contribution >= 4 is 35.4 Å². The first-order chi connectivity index (χ1) is 13.0. The van der Waals surface area contributed by atoms with Gasteiger partial charge in [-0.2, -0.15) is 0 Å². The van der Waals surface area contributed by atoms with Gasteiger partial charge in [-0.15, -0.1) is 0 Å². The molecule has 1 amide bonds. The highest BCUT2D eigenvalue weighted by Gasteiger charge is 2.09. The largest absolute Gasteiger partial charge is 0.412 e. The van der Waals surface area contributed by atoms with Crippen molar-refractivity contribution in [2.45, 2.75) is 6.54 Å². The molecule has 2 aromatic rings. The first-order valence-electron chi connectivity index (χ1n) is 7.81. The van der Waals surface area contributed by atoms with Crippen molar-refractivity contribution in [3.05, 3.63) is 71.3 Å². The molecular weight excluding hydrogens is 346 g/mol. The van der Waals surface area contributed by atoms with Crippen LogP contribution in [0.25, 0.3) is 17.5 Å². The lowest BCUT2D eigenvalue weighted by Gasteiger charge is -2.10. The third-order valence-electron chi connectivity index (χ3n) is 3.60. The fourth-order valence-electron chi connectivity index (χ4n) is 2.21. The Labute approximate surface area is 155 Å². The van der Waals surface area contributed by atoms with Gasteiger partial charge in [-0.3, -0.25) is 0 Å². The molecule has 0 saturated heterocycles. The second-order valence-electron chi connectivity index (χ2n) is 5.47. The number of nitrogens with one attached hydrogen (secondary N) is 1. The molecule has 7 nitrogen and oxygen atoms in total. The van der Waals surface area contributed by atoms with Gasteiger partial charge in [0, 0.05) is 17.7 Å². The summed E-state index contributed by atoms with van der Waals surface area (Å²) in [5, 5.41) is 2.57. The zero-order valence-corrected chi connectivity index (χ0v) is 14.3. The molecule has 0 aliphatic carbocycles. The maximum Gasteiger partial charge on any atom is 0.412 e. The predicted octanol–water partition coefficient (Wildman–Crippen LogP) is 1.88. The second kappa shape index (κ2) is 8.87. The number of hydrogen-bond donors (Lipinski definition) is 3. The van der Waals surface area contributed by atoms with E-state index in [0.29, 0.717) is 22.4 Å². The van der Waals surface area contributed by atoms with E-state index in [1.807, 2.05) is 0 Å². The number of ether oxygens (including phenoxy) is 1. The van der Waals surface area contributed by atoms with Crippen molar-refractivity contribution in [2.75, 3.05) is 0 Å². The molecule has 7 heteroatoms. The molecule has 0 atom stereocenters. The zero-order chi connectivity index (χ0) is 19.8. The maximum absolute atomic E-state index is 12.0. The van der Waals surface area contributed by atoms with E-state index in [-0.39, 0.29) is 17.9 Å². The van der Waals surface area contributed by atoms with Crippen molar-refractivity contribution in [3.8, 4) is 5.75 Å². The Balaban J connectivity index is 2.13. The number of nitrogens with two attached hydrogens (primary N) is 2.